The zero-order valence-electron chi connectivity index (χ0n) is 7.10. The summed E-state index contributed by atoms with van der Waals surface area (Å²) in [5, 5.41) is 0. The molecule has 1 aliphatic carbocycles. The summed E-state index contributed by atoms with van der Waals surface area (Å²) in [7, 11) is 0. The number of pyridine rings is 1. The highest BCUT2D eigenvalue weighted by Gasteiger charge is 2.03. The van der Waals surface area contributed by atoms with Crippen molar-refractivity contribution < 1.29 is 0 Å². The first-order valence-electron chi connectivity index (χ1n) is 4.19. The largest absolute Gasteiger partial charge is 0.256 e. The van der Waals surface area contributed by atoms with Gasteiger partial charge in [-0.15, -0.1) is 0 Å². The minimum Gasteiger partial charge on any atom is -0.256 e. The lowest BCUT2D eigenvalue weighted by Gasteiger charge is -2.05. The Morgan fingerprint density at radius 3 is 2.77 bits per heavy atom. The molecule has 0 saturated carbocycles. The Labute approximate surface area is 82.8 Å². The van der Waals surface area contributed by atoms with Crippen LogP contribution in [0.2, 0.25) is 0 Å². The van der Waals surface area contributed by atoms with Crippen LogP contribution in [0.1, 0.15) is 12.1 Å². The molecule has 2 heteroatoms. The van der Waals surface area contributed by atoms with Gasteiger partial charge in [0.25, 0.3) is 0 Å². The maximum absolute atomic E-state index is 5.06. The Hall–Kier alpha value is -1.28. The van der Waals surface area contributed by atoms with Gasteiger partial charge in [0.1, 0.15) is 0 Å². The van der Waals surface area contributed by atoms with Gasteiger partial charge in [0, 0.05) is 17.5 Å². The minimum atomic E-state index is 0.859. The maximum Gasteiger partial charge on any atom is 0.0698 e. The molecule has 1 aromatic heterocycles. The van der Waals surface area contributed by atoms with E-state index >= 15 is 0 Å². The predicted octanol–water partition coefficient (Wildman–Crippen LogP) is 2.79. The first-order chi connectivity index (χ1) is 6.36. The average Bonchev–Trinajstić information content (AvgIpc) is 2.20. The second-order valence-electron chi connectivity index (χ2n) is 2.88. The van der Waals surface area contributed by atoms with Crippen molar-refractivity contribution in [1.82, 2.24) is 4.98 Å². The van der Waals surface area contributed by atoms with Gasteiger partial charge in [0.05, 0.1) is 5.69 Å². The standard InChI is InChI=1S/C11H9NS/c13-10-6-4-9(5-7-10)11-3-1-2-8-12-11/h1-6,8H,7H2. The van der Waals surface area contributed by atoms with E-state index in [1.54, 1.807) is 6.20 Å². The predicted molar refractivity (Wildman–Crippen MR) is 58.6 cm³/mol. The monoisotopic (exact) mass is 187 g/mol. The third-order valence-electron chi connectivity index (χ3n) is 1.93. The fourth-order valence-electron chi connectivity index (χ4n) is 1.25. The van der Waals surface area contributed by atoms with Gasteiger partial charge in [0.15, 0.2) is 0 Å². The van der Waals surface area contributed by atoms with Gasteiger partial charge in [-0.1, -0.05) is 30.4 Å². The highest BCUT2D eigenvalue weighted by molar-refractivity contribution is 7.80. The van der Waals surface area contributed by atoms with Gasteiger partial charge in [-0.3, -0.25) is 4.98 Å². The van der Waals surface area contributed by atoms with Crippen LogP contribution >= 0.6 is 12.2 Å². The normalized spacial score (nSPS) is 15.7. The van der Waals surface area contributed by atoms with Crippen molar-refractivity contribution in [1.29, 1.82) is 0 Å². The molecule has 0 atom stereocenters. The van der Waals surface area contributed by atoms with Crippen LogP contribution < -0.4 is 0 Å². The molecule has 0 N–H and O–H groups in total. The van der Waals surface area contributed by atoms with Crippen molar-refractivity contribution in [3.8, 4) is 0 Å². The zero-order valence-corrected chi connectivity index (χ0v) is 7.92. The van der Waals surface area contributed by atoms with Gasteiger partial charge >= 0.3 is 0 Å². The van der Waals surface area contributed by atoms with Crippen molar-refractivity contribution in [2.75, 3.05) is 0 Å². The SMILES string of the molecule is S=C1C=CC(c2ccccn2)=CC1. The Balaban J connectivity index is 2.30. The summed E-state index contributed by atoms with van der Waals surface area (Å²) < 4.78 is 0. The highest BCUT2D eigenvalue weighted by Crippen LogP contribution is 2.17. The summed E-state index contributed by atoms with van der Waals surface area (Å²) in [5.74, 6) is 0. The van der Waals surface area contributed by atoms with Crippen LogP contribution in [-0.4, -0.2) is 9.85 Å². The first kappa shape index (κ1) is 8.32. The van der Waals surface area contributed by atoms with Crippen molar-refractivity contribution >= 4 is 22.7 Å². The molecule has 0 bridgehead atoms. The molecule has 1 heterocycles. The fraction of sp³-hybridized carbons (Fsp3) is 0.0909. The third-order valence-corrected chi connectivity index (χ3v) is 2.24. The van der Waals surface area contributed by atoms with Crippen LogP contribution in [0.15, 0.2) is 42.6 Å². The molecule has 2 rings (SSSR count). The van der Waals surface area contributed by atoms with E-state index in [4.69, 9.17) is 12.2 Å². The molecular weight excluding hydrogens is 178 g/mol. The number of nitrogens with zero attached hydrogens (tertiary/aromatic N) is 1. The Kier molecular flexibility index (Phi) is 2.32. The van der Waals surface area contributed by atoms with Crippen molar-refractivity contribution in [2.45, 2.75) is 6.42 Å². The quantitative estimate of drug-likeness (QED) is 0.627. The molecular formula is C11H9NS. The van der Waals surface area contributed by atoms with E-state index in [2.05, 4.69) is 11.1 Å². The lowest BCUT2D eigenvalue weighted by atomic mass is 10.0. The van der Waals surface area contributed by atoms with Gasteiger partial charge in [-0.05, 0) is 23.8 Å². The van der Waals surface area contributed by atoms with Crippen LogP contribution in [0.4, 0.5) is 0 Å². The number of allylic oxidation sites excluding steroid dienone is 4. The molecule has 13 heavy (non-hydrogen) atoms. The Morgan fingerprint density at radius 1 is 1.23 bits per heavy atom. The molecule has 1 nitrogen and oxygen atoms in total. The van der Waals surface area contributed by atoms with Crippen LogP contribution in [0.3, 0.4) is 0 Å². The summed E-state index contributed by atoms with van der Waals surface area (Å²) in [4.78, 5) is 5.25. The molecule has 0 radical (unpaired) electrons. The maximum atomic E-state index is 5.06. The molecule has 0 aliphatic heterocycles. The van der Waals surface area contributed by atoms with Crippen molar-refractivity contribution in [2.24, 2.45) is 0 Å². The highest BCUT2D eigenvalue weighted by atomic mass is 32.1. The molecule has 1 aromatic rings. The lowest BCUT2D eigenvalue weighted by molar-refractivity contribution is 1.27. The first-order valence-corrected chi connectivity index (χ1v) is 4.59. The molecule has 1 aliphatic rings. The fourth-order valence-corrected chi connectivity index (χ4v) is 1.40. The van der Waals surface area contributed by atoms with E-state index in [1.807, 2.05) is 30.4 Å². The molecule has 0 spiro atoms. The topological polar surface area (TPSA) is 12.9 Å². The van der Waals surface area contributed by atoms with E-state index in [0.717, 1.165) is 22.6 Å². The van der Waals surface area contributed by atoms with Gasteiger partial charge in [0.2, 0.25) is 0 Å². The number of thiocarbonyl (C=S) groups is 1. The number of aromatic nitrogens is 1. The lowest BCUT2D eigenvalue weighted by Crippen LogP contribution is -1.95. The van der Waals surface area contributed by atoms with E-state index < -0.39 is 0 Å². The number of rotatable bonds is 1. The molecule has 0 saturated heterocycles. The van der Waals surface area contributed by atoms with Gasteiger partial charge < -0.3 is 0 Å². The summed E-state index contributed by atoms with van der Waals surface area (Å²) in [6.07, 6.45) is 8.77. The molecule has 0 unspecified atom stereocenters. The minimum absolute atomic E-state index is 0.859. The molecule has 0 fully saturated rings. The summed E-state index contributed by atoms with van der Waals surface area (Å²) in [6, 6.07) is 5.91. The molecule has 0 amide bonds. The Morgan fingerprint density at radius 2 is 2.15 bits per heavy atom. The Bertz CT molecular complexity index is 376. The van der Waals surface area contributed by atoms with Crippen LogP contribution in [0.5, 0.6) is 0 Å². The second-order valence-corrected chi connectivity index (χ2v) is 3.40. The van der Waals surface area contributed by atoms with Crippen molar-refractivity contribution in [3.63, 3.8) is 0 Å². The van der Waals surface area contributed by atoms with E-state index in [-0.39, 0.29) is 0 Å². The van der Waals surface area contributed by atoms with E-state index in [9.17, 15) is 0 Å². The summed E-state index contributed by atoms with van der Waals surface area (Å²) >= 11 is 5.06. The summed E-state index contributed by atoms with van der Waals surface area (Å²) in [6.45, 7) is 0. The third kappa shape index (κ3) is 1.90. The van der Waals surface area contributed by atoms with Crippen molar-refractivity contribution in [3.05, 3.63) is 48.3 Å². The van der Waals surface area contributed by atoms with Crippen LogP contribution in [0.25, 0.3) is 5.57 Å². The number of hydrogen-bond acceptors (Lipinski definition) is 2. The van der Waals surface area contributed by atoms with E-state index in [1.165, 1.54) is 0 Å². The number of hydrogen-bond donors (Lipinski definition) is 0. The average molecular weight is 187 g/mol. The van der Waals surface area contributed by atoms with Gasteiger partial charge in [-0.2, -0.15) is 0 Å². The smallest absolute Gasteiger partial charge is 0.0698 e. The second kappa shape index (κ2) is 3.62. The van der Waals surface area contributed by atoms with Crippen LogP contribution in [0, 0.1) is 0 Å². The summed E-state index contributed by atoms with van der Waals surface area (Å²) in [5.41, 5.74) is 2.18. The molecule has 0 aromatic carbocycles. The van der Waals surface area contributed by atoms with Crippen LogP contribution in [-0.2, 0) is 0 Å². The zero-order chi connectivity index (χ0) is 9.10. The van der Waals surface area contributed by atoms with Gasteiger partial charge in [-0.25, -0.2) is 0 Å². The van der Waals surface area contributed by atoms with E-state index in [0.29, 0.717) is 0 Å². The molecule has 64 valence electrons.